The third-order valence-electron chi connectivity index (χ3n) is 2.38. The molecule has 0 bridgehead atoms. The Bertz CT molecular complexity index is 529. The quantitative estimate of drug-likeness (QED) is 0.816. The molecule has 0 amide bonds. The predicted octanol–water partition coefficient (Wildman–Crippen LogP) is 3.67. The van der Waals surface area contributed by atoms with E-state index >= 15 is 0 Å². The number of benzene rings is 2. The van der Waals surface area contributed by atoms with Crippen LogP contribution in [0.1, 0.15) is 5.56 Å². The number of nitrogens with two attached hydrogens (primary N) is 1. The highest BCUT2D eigenvalue weighted by molar-refractivity contribution is 6.30. The molecule has 0 aliphatic rings. The molecule has 0 fully saturated rings. The fourth-order valence-electron chi connectivity index (χ4n) is 1.52. The van der Waals surface area contributed by atoms with Crippen molar-refractivity contribution in [3.63, 3.8) is 0 Å². The maximum Gasteiger partial charge on any atom is 0.128 e. The van der Waals surface area contributed by atoms with Crippen LogP contribution in [0.3, 0.4) is 0 Å². The molecule has 0 saturated carbocycles. The fraction of sp³-hybridized carbons (Fsp3) is 0.0769. The van der Waals surface area contributed by atoms with Crippen molar-refractivity contribution in [1.82, 2.24) is 0 Å². The van der Waals surface area contributed by atoms with Gasteiger partial charge in [0.25, 0.3) is 0 Å². The first kappa shape index (κ1) is 11.7. The average Bonchev–Trinajstić information content (AvgIpc) is 2.30. The van der Waals surface area contributed by atoms with Crippen molar-refractivity contribution in [2.75, 3.05) is 11.1 Å². The summed E-state index contributed by atoms with van der Waals surface area (Å²) < 4.78 is 13.4. The Labute approximate surface area is 104 Å². The molecule has 2 nitrogen and oxygen atoms in total. The summed E-state index contributed by atoms with van der Waals surface area (Å²) >= 11 is 5.81. The highest BCUT2D eigenvalue weighted by Gasteiger charge is 2.02. The zero-order chi connectivity index (χ0) is 12.3. The van der Waals surface area contributed by atoms with E-state index in [0.29, 0.717) is 22.8 Å². The van der Waals surface area contributed by atoms with E-state index < -0.39 is 0 Å². The molecule has 0 aliphatic heterocycles. The van der Waals surface area contributed by atoms with Gasteiger partial charge in [-0.15, -0.1) is 0 Å². The molecule has 0 radical (unpaired) electrons. The van der Waals surface area contributed by atoms with Crippen molar-refractivity contribution >= 4 is 23.0 Å². The van der Waals surface area contributed by atoms with Crippen LogP contribution in [0.5, 0.6) is 0 Å². The maximum atomic E-state index is 13.4. The summed E-state index contributed by atoms with van der Waals surface area (Å²) in [4.78, 5) is 0. The van der Waals surface area contributed by atoms with Gasteiger partial charge in [-0.25, -0.2) is 4.39 Å². The number of hydrogen-bond donors (Lipinski definition) is 2. The lowest BCUT2D eigenvalue weighted by atomic mass is 10.2. The molecule has 2 aromatic carbocycles. The van der Waals surface area contributed by atoms with Gasteiger partial charge in [-0.05, 0) is 36.4 Å². The lowest BCUT2D eigenvalue weighted by molar-refractivity contribution is 0.613. The third-order valence-corrected chi connectivity index (χ3v) is 2.61. The minimum absolute atomic E-state index is 0.272. The molecule has 17 heavy (non-hydrogen) atoms. The van der Waals surface area contributed by atoms with Crippen LogP contribution < -0.4 is 11.1 Å². The molecule has 0 spiro atoms. The van der Waals surface area contributed by atoms with E-state index in [4.69, 9.17) is 17.3 Å². The minimum atomic E-state index is -0.272. The Balaban J connectivity index is 2.09. The Kier molecular flexibility index (Phi) is 3.49. The highest BCUT2D eigenvalue weighted by Crippen LogP contribution is 2.17. The van der Waals surface area contributed by atoms with Gasteiger partial charge in [0.2, 0.25) is 0 Å². The average molecular weight is 251 g/mol. The summed E-state index contributed by atoms with van der Waals surface area (Å²) in [6.45, 7) is 0.371. The third kappa shape index (κ3) is 3.11. The fourth-order valence-corrected chi connectivity index (χ4v) is 1.72. The molecule has 0 saturated heterocycles. The van der Waals surface area contributed by atoms with Gasteiger partial charge in [0.15, 0.2) is 0 Å². The number of anilines is 2. The normalized spacial score (nSPS) is 10.2. The minimum Gasteiger partial charge on any atom is -0.399 e. The molecule has 0 atom stereocenters. The molecule has 3 N–H and O–H groups in total. The van der Waals surface area contributed by atoms with Crippen LogP contribution in [0.15, 0.2) is 42.5 Å². The van der Waals surface area contributed by atoms with Crippen molar-refractivity contribution in [3.8, 4) is 0 Å². The van der Waals surface area contributed by atoms with E-state index in [0.717, 1.165) is 5.69 Å². The summed E-state index contributed by atoms with van der Waals surface area (Å²) in [6, 6.07) is 11.8. The molecule has 0 unspecified atom stereocenters. The Morgan fingerprint density at radius 3 is 2.76 bits per heavy atom. The summed E-state index contributed by atoms with van der Waals surface area (Å²) in [7, 11) is 0. The van der Waals surface area contributed by atoms with Crippen LogP contribution in [0.2, 0.25) is 5.02 Å². The number of halogens is 2. The first-order valence-corrected chi connectivity index (χ1v) is 5.56. The van der Waals surface area contributed by atoms with Crippen LogP contribution in [0.25, 0.3) is 0 Å². The van der Waals surface area contributed by atoms with Gasteiger partial charge in [0.05, 0.1) is 0 Å². The highest BCUT2D eigenvalue weighted by atomic mass is 35.5. The molecule has 0 aromatic heterocycles. The van der Waals surface area contributed by atoms with Crippen molar-refractivity contribution in [2.45, 2.75) is 6.54 Å². The van der Waals surface area contributed by atoms with Gasteiger partial charge >= 0.3 is 0 Å². The summed E-state index contributed by atoms with van der Waals surface area (Å²) in [5.41, 5.74) is 7.69. The first-order chi connectivity index (χ1) is 8.15. The second-order valence-electron chi connectivity index (χ2n) is 3.71. The maximum absolute atomic E-state index is 13.4. The number of nitrogen functional groups attached to an aromatic ring is 1. The lowest BCUT2D eigenvalue weighted by Crippen LogP contribution is -2.02. The predicted molar refractivity (Wildman–Crippen MR) is 69.6 cm³/mol. The standard InChI is InChI=1S/C13H12ClFN2/c14-10-4-5-13(15)9(6-10)8-17-12-3-1-2-11(16)7-12/h1-7,17H,8,16H2. The molecule has 2 aromatic rings. The summed E-state index contributed by atoms with van der Waals surface area (Å²) in [6.07, 6.45) is 0. The van der Waals surface area contributed by atoms with Gasteiger partial charge in [0.1, 0.15) is 5.82 Å². The first-order valence-electron chi connectivity index (χ1n) is 5.18. The van der Waals surface area contributed by atoms with Gasteiger partial charge in [-0.1, -0.05) is 17.7 Å². The van der Waals surface area contributed by atoms with Crippen LogP contribution in [0, 0.1) is 5.82 Å². The molecular formula is C13H12ClFN2. The Morgan fingerprint density at radius 2 is 2.00 bits per heavy atom. The monoisotopic (exact) mass is 250 g/mol. The van der Waals surface area contributed by atoms with Crippen molar-refractivity contribution < 1.29 is 4.39 Å². The van der Waals surface area contributed by atoms with Crippen molar-refractivity contribution in [1.29, 1.82) is 0 Å². The van der Waals surface area contributed by atoms with E-state index in [-0.39, 0.29) is 5.82 Å². The van der Waals surface area contributed by atoms with E-state index in [1.165, 1.54) is 12.1 Å². The van der Waals surface area contributed by atoms with Gasteiger partial charge in [0, 0.05) is 28.5 Å². The Hall–Kier alpha value is -1.74. The molecule has 4 heteroatoms. The zero-order valence-electron chi connectivity index (χ0n) is 9.08. The van der Waals surface area contributed by atoms with Crippen LogP contribution in [-0.4, -0.2) is 0 Å². The van der Waals surface area contributed by atoms with Crippen molar-refractivity contribution in [2.24, 2.45) is 0 Å². The van der Waals surface area contributed by atoms with Crippen LogP contribution in [-0.2, 0) is 6.54 Å². The number of hydrogen-bond acceptors (Lipinski definition) is 2. The zero-order valence-corrected chi connectivity index (χ0v) is 9.84. The van der Waals surface area contributed by atoms with Crippen molar-refractivity contribution in [3.05, 3.63) is 58.9 Å². The van der Waals surface area contributed by atoms with Crippen LogP contribution in [0.4, 0.5) is 15.8 Å². The van der Waals surface area contributed by atoms with E-state index in [1.54, 1.807) is 18.2 Å². The number of rotatable bonds is 3. The van der Waals surface area contributed by atoms with E-state index in [9.17, 15) is 4.39 Å². The van der Waals surface area contributed by atoms with Gasteiger partial charge in [-0.2, -0.15) is 0 Å². The van der Waals surface area contributed by atoms with Crippen LogP contribution >= 0.6 is 11.6 Å². The SMILES string of the molecule is Nc1cccc(NCc2cc(Cl)ccc2F)c1. The second kappa shape index (κ2) is 5.06. The number of nitrogens with one attached hydrogen (secondary N) is 1. The molecule has 2 rings (SSSR count). The Morgan fingerprint density at radius 1 is 1.18 bits per heavy atom. The summed E-state index contributed by atoms with van der Waals surface area (Å²) in [5.74, 6) is -0.272. The van der Waals surface area contributed by atoms with E-state index in [1.807, 2.05) is 12.1 Å². The largest absolute Gasteiger partial charge is 0.399 e. The van der Waals surface area contributed by atoms with E-state index in [2.05, 4.69) is 5.32 Å². The lowest BCUT2D eigenvalue weighted by Gasteiger charge is -2.08. The van der Waals surface area contributed by atoms with Gasteiger partial charge < -0.3 is 11.1 Å². The summed E-state index contributed by atoms with van der Waals surface area (Å²) in [5, 5.41) is 3.62. The van der Waals surface area contributed by atoms with Gasteiger partial charge in [-0.3, -0.25) is 0 Å². The smallest absolute Gasteiger partial charge is 0.128 e. The molecule has 0 heterocycles. The second-order valence-corrected chi connectivity index (χ2v) is 4.15. The topological polar surface area (TPSA) is 38.0 Å². The molecule has 0 aliphatic carbocycles. The molecular weight excluding hydrogens is 239 g/mol. The molecule has 88 valence electrons.